The van der Waals surface area contributed by atoms with Gasteiger partial charge in [0.05, 0.1) is 0 Å². The average molecular weight is 282 g/mol. The maximum absolute atomic E-state index is 14.8. The van der Waals surface area contributed by atoms with E-state index in [1.165, 1.54) is 30.4 Å². The molecule has 108 valence electrons. The van der Waals surface area contributed by atoms with E-state index in [9.17, 15) is 4.39 Å². The highest BCUT2D eigenvalue weighted by Gasteiger charge is 2.24. The normalized spacial score (nSPS) is 17.2. The minimum Gasteiger partial charge on any atom is -0.370 e. The molecule has 0 spiro atoms. The summed E-state index contributed by atoms with van der Waals surface area (Å²) in [6.45, 7) is 2.84. The van der Waals surface area contributed by atoms with E-state index in [4.69, 9.17) is 0 Å². The van der Waals surface area contributed by atoms with Crippen molar-refractivity contribution in [1.29, 1.82) is 0 Å². The molecule has 1 aromatic carbocycles. The predicted octanol–water partition coefficient (Wildman–Crippen LogP) is 4.43. The molecule has 0 bridgehead atoms. The van der Waals surface area contributed by atoms with Crippen LogP contribution in [0.1, 0.15) is 41.9 Å². The first-order valence-electron chi connectivity index (χ1n) is 7.76. The van der Waals surface area contributed by atoms with Crippen molar-refractivity contribution in [3.8, 4) is 11.1 Å². The third kappa shape index (κ3) is 2.03. The number of rotatable bonds is 2. The summed E-state index contributed by atoms with van der Waals surface area (Å²) in [4.78, 5) is 4.41. The van der Waals surface area contributed by atoms with Crippen LogP contribution in [0.5, 0.6) is 0 Å². The number of anilines is 1. The fourth-order valence-electron chi connectivity index (χ4n) is 3.41. The van der Waals surface area contributed by atoms with Crippen LogP contribution in [0, 0.1) is 12.7 Å². The number of nitrogens with zero attached hydrogens (tertiary/aromatic N) is 1. The number of hydrogen-bond acceptors (Lipinski definition) is 2. The Labute approximate surface area is 124 Å². The van der Waals surface area contributed by atoms with E-state index in [0.29, 0.717) is 11.5 Å². The first-order valence-corrected chi connectivity index (χ1v) is 7.76. The van der Waals surface area contributed by atoms with E-state index < -0.39 is 0 Å². The van der Waals surface area contributed by atoms with Gasteiger partial charge in [-0.3, -0.25) is 0 Å². The lowest BCUT2D eigenvalue weighted by atomic mass is 9.78. The van der Waals surface area contributed by atoms with Crippen molar-refractivity contribution in [1.82, 2.24) is 4.98 Å². The monoisotopic (exact) mass is 282 g/mol. The Morgan fingerprint density at radius 2 is 2.14 bits per heavy atom. The van der Waals surface area contributed by atoms with E-state index in [-0.39, 0.29) is 5.82 Å². The molecule has 21 heavy (non-hydrogen) atoms. The van der Waals surface area contributed by atoms with Crippen LogP contribution in [-0.4, -0.2) is 11.5 Å². The number of fused-ring (bicyclic) bond motifs is 1. The number of benzene rings is 1. The third-order valence-electron chi connectivity index (χ3n) is 4.94. The largest absolute Gasteiger partial charge is 0.370 e. The van der Waals surface area contributed by atoms with Crippen molar-refractivity contribution in [2.45, 2.75) is 38.5 Å². The Kier molecular flexibility index (Phi) is 2.95. The van der Waals surface area contributed by atoms with Gasteiger partial charge in [0.25, 0.3) is 0 Å². The van der Waals surface area contributed by atoms with Crippen molar-refractivity contribution >= 4 is 5.82 Å². The van der Waals surface area contributed by atoms with E-state index in [1.54, 1.807) is 6.20 Å². The second-order valence-corrected chi connectivity index (χ2v) is 6.18. The van der Waals surface area contributed by atoms with Crippen molar-refractivity contribution in [3.05, 3.63) is 46.9 Å². The van der Waals surface area contributed by atoms with Gasteiger partial charge in [0.15, 0.2) is 0 Å². The molecule has 1 N–H and O–H groups in total. The van der Waals surface area contributed by atoms with Gasteiger partial charge in [0, 0.05) is 23.9 Å². The summed E-state index contributed by atoms with van der Waals surface area (Å²) >= 11 is 0. The highest BCUT2D eigenvalue weighted by atomic mass is 19.1. The van der Waals surface area contributed by atoms with Crippen LogP contribution >= 0.6 is 0 Å². The summed E-state index contributed by atoms with van der Waals surface area (Å²) in [5.41, 5.74) is 4.76. The molecule has 0 saturated heterocycles. The van der Waals surface area contributed by atoms with Crippen LogP contribution in [0.25, 0.3) is 11.1 Å². The number of hydrogen-bond donors (Lipinski definition) is 1. The minimum atomic E-state index is -0.0768. The number of aromatic nitrogens is 1. The molecule has 4 rings (SSSR count). The summed E-state index contributed by atoms with van der Waals surface area (Å²) in [5, 5.41) is 3.24. The van der Waals surface area contributed by atoms with Gasteiger partial charge in [-0.25, -0.2) is 9.37 Å². The molecule has 1 aliphatic heterocycles. The van der Waals surface area contributed by atoms with E-state index in [1.807, 2.05) is 13.0 Å². The van der Waals surface area contributed by atoms with Gasteiger partial charge < -0.3 is 5.32 Å². The van der Waals surface area contributed by atoms with Crippen LogP contribution in [-0.2, 0) is 6.42 Å². The smallest absolute Gasteiger partial charge is 0.134 e. The lowest BCUT2D eigenvalue weighted by Gasteiger charge is -2.28. The summed E-state index contributed by atoms with van der Waals surface area (Å²) < 4.78 is 14.8. The fourth-order valence-corrected chi connectivity index (χ4v) is 3.41. The summed E-state index contributed by atoms with van der Waals surface area (Å²) in [6.07, 6.45) is 6.42. The van der Waals surface area contributed by atoms with Gasteiger partial charge in [0.2, 0.25) is 0 Å². The SMILES string of the molecule is Cc1c(C2CCC2)ccc(-c2cnc3c(c2)CCN3)c1F. The number of nitrogens with one attached hydrogen (secondary N) is 1. The molecule has 2 aromatic rings. The fraction of sp³-hybridized carbons (Fsp3) is 0.389. The lowest BCUT2D eigenvalue weighted by molar-refractivity contribution is 0.416. The van der Waals surface area contributed by atoms with E-state index >= 15 is 0 Å². The molecule has 1 aliphatic carbocycles. The van der Waals surface area contributed by atoms with Crippen molar-refractivity contribution in [3.63, 3.8) is 0 Å². The average Bonchev–Trinajstić information content (AvgIpc) is 2.89. The molecular weight excluding hydrogens is 263 g/mol. The third-order valence-corrected chi connectivity index (χ3v) is 4.94. The van der Waals surface area contributed by atoms with Crippen LogP contribution < -0.4 is 5.32 Å². The molecular formula is C18H19FN2. The Bertz CT molecular complexity index is 705. The zero-order valence-corrected chi connectivity index (χ0v) is 12.2. The van der Waals surface area contributed by atoms with Gasteiger partial charge in [-0.05, 0) is 54.9 Å². The topological polar surface area (TPSA) is 24.9 Å². The molecule has 0 radical (unpaired) electrons. The molecule has 2 nitrogen and oxygen atoms in total. The standard InChI is InChI=1S/C18H19FN2/c1-11-15(12-3-2-4-12)5-6-16(17(11)19)14-9-13-7-8-20-18(13)21-10-14/h5-6,9-10,12H,2-4,7-8H2,1H3,(H,20,21). The van der Waals surface area contributed by atoms with Gasteiger partial charge in [-0.1, -0.05) is 18.6 Å². The molecule has 2 heterocycles. The Hall–Kier alpha value is -1.90. The quantitative estimate of drug-likeness (QED) is 0.881. The summed E-state index contributed by atoms with van der Waals surface area (Å²) in [7, 11) is 0. The minimum absolute atomic E-state index is 0.0768. The van der Waals surface area contributed by atoms with Crippen LogP contribution in [0.4, 0.5) is 10.2 Å². The molecule has 0 unspecified atom stereocenters. The maximum Gasteiger partial charge on any atom is 0.134 e. The molecule has 0 amide bonds. The molecule has 0 atom stereocenters. The molecule has 1 aromatic heterocycles. The lowest BCUT2D eigenvalue weighted by Crippen LogP contribution is -2.11. The van der Waals surface area contributed by atoms with Crippen LogP contribution in [0.15, 0.2) is 24.4 Å². The summed E-state index contributed by atoms with van der Waals surface area (Å²) in [6, 6.07) is 6.12. The van der Waals surface area contributed by atoms with Gasteiger partial charge in [-0.15, -0.1) is 0 Å². The highest BCUT2D eigenvalue weighted by Crippen LogP contribution is 2.40. The van der Waals surface area contributed by atoms with E-state index in [0.717, 1.165) is 29.9 Å². The Morgan fingerprint density at radius 1 is 1.29 bits per heavy atom. The predicted molar refractivity (Wildman–Crippen MR) is 83.2 cm³/mol. The zero-order chi connectivity index (χ0) is 14.4. The number of pyridine rings is 1. The van der Waals surface area contributed by atoms with Crippen molar-refractivity contribution in [2.75, 3.05) is 11.9 Å². The molecule has 2 aliphatic rings. The molecule has 3 heteroatoms. The van der Waals surface area contributed by atoms with Gasteiger partial charge in [-0.2, -0.15) is 0 Å². The second kappa shape index (κ2) is 4.83. The van der Waals surface area contributed by atoms with Crippen LogP contribution in [0.3, 0.4) is 0 Å². The highest BCUT2D eigenvalue weighted by molar-refractivity contribution is 5.68. The second-order valence-electron chi connectivity index (χ2n) is 6.18. The Balaban J connectivity index is 1.76. The van der Waals surface area contributed by atoms with Gasteiger partial charge >= 0.3 is 0 Å². The van der Waals surface area contributed by atoms with Crippen molar-refractivity contribution in [2.24, 2.45) is 0 Å². The molecule has 1 fully saturated rings. The zero-order valence-electron chi connectivity index (χ0n) is 12.2. The Morgan fingerprint density at radius 3 is 2.90 bits per heavy atom. The first kappa shape index (κ1) is 12.8. The maximum atomic E-state index is 14.8. The van der Waals surface area contributed by atoms with Gasteiger partial charge in [0.1, 0.15) is 11.6 Å². The number of halogens is 1. The molecule has 1 saturated carbocycles. The summed E-state index contributed by atoms with van der Waals surface area (Å²) in [5.74, 6) is 1.44. The van der Waals surface area contributed by atoms with E-state index in [2.05, 4.69) is 22.4 Å². The van der Waals surface area contributed by atoms with Crippen molar-refractivity contribution < 1.29 is 4.39 Å². The first-order chi connectivity index (χ1) is 10.2. The van der Waals surface area contributed by atoms with Crippen LogP contribution in [0.2, 0.25) is 0 Å².